The molecule has 1 aliphatic heterocycles. The maximum absolute atomic E-state index is 9.03. The van der Waals surface area contributed by atoms with Gasteiger partial charge in [0.15, 0.2) is 0 Å². The third-order valence-corrected chi connectivity index (χ3v) is 3.35. The minimum Gasteiger partial charge on any atom is -0.492 e. The summed E-state index contributed by atoms with van der Waals surface area (Å²) in [5.74, 6) is 0.908. The predicted molar refractivity (Wildman–Crippen MR) is 72.8 cm³/mol. The molecule has 0 fully saturated rings. The van der Waals surface area contributed by atoms with E-state index in [1.807, 2.05) is 24.3 Å². The van der Waals surface area contributed by atoms with Gasteiger partial charge >= 0.3 is 0 Å². The number of aliphatic hydroxyl groups excluding tert-OH is 1. The van der Waals surface area contributed by atoms with Gasteiger partial charge in [-0.3, -0.25) is 4.98 Å². The Kier molecular flexibility index (Phi) is 3.19. The van der Waals surface area contributed by atoms with Crippen molar-refractivity contribution in [2.75, 3.05) is 6.61 Å². The molecule has 0 aliphatic carbocycles. The van der Waals surface area contributed by atoms with Gasteiger partial charge in [-0.1, -0.05) is 18.2 Å². The molecule has 3 N–H and O–H groups in total. The summed E-state index contributed by atoms with van der Waals surface area (Å²) in [6, 6.07) is 9.84. The van der Waals surface area contributed by atoms with Crippen LogP contribution < -0.4 is 10.5 Å². The number of hydrogen-bond donors (Lipinski definition) is 2. The number of nitrogens with zero attached hydrogens (tertiary/aromatic N) is 1. The number of fused-ring (bicyclic) bond motifs is 1. The second kappa shape index (κ2) is 4.99. The van der Waals surface area contributed by atoms with Crippen molar-refractivity contribution < 1.29 is 9.84 Å². The number of nitrogens with two attached hydrogens (primary N) is 1. The summed E-state index contributed by atoms with van der Waals surface area (Å²) in [7, 11) is 0. The third-order valence-electron chi connectivity index (χ3n) is 3.35. The molecule has 2 heterocycles. The fraction of sp³-hybridized carbons (Fsp3) is 0.267. The highest BCUT2D eigenvalue weighted by molar-refractivity contribution is 5.70. The Balaban J connectivity index is 2.04. The minimum absolute atomic E-state index is 0.0401. The van der Waals surface area contributed by atoms with Gasteiger partial charge < -0.3 is 15.6 Å². The van der Waals surface area contributed by atoms with Crippen LogP contribution in [0.2, 0.25) is 0 Å². The van der Waals surface area contributed by atoms with Crippen molar-refractivity contribution >= 4 is 0 Å². The molecular formula is C15H16N2O2. The van der Waals surface area contributed by atoms with Crippen molar-refractivity contribution in [3.05, 3.63) is 47.8 Å². The number of rotatable bonds is 2. The zero-order valence-electron chi connectivity index (χ0n) is 10.5. The summed E-state index contributed by atoms with van der Waals surface area (Å²) in [6.07, 6.45) is 2.59. The number of benzene rings is 1. The molecule has 0 saturated carbocycles. The van der Waals surface area contributed by atoms with Crippen LogP contribution in [-0.2, 0) is 13.0 Å². The summed E-state index contributed by atoms with van der Waals surface area (Å²) in [5, 5.41) is 9.03. The lowest BCUT2D eigenvalue weighted by Gasteiger charge is -2.24. The summed E-state index contributed by atoms with van der Waals surface area (Å²) in [4.78, 5) is 4.22. The van der Waals surface area contributed by atoms with Crippen LogP contribution in [-0.4, -0.2) is 22.7 Å². The third kappa shape index (κ3) is 2.32. The van der Waals surface area contributed by atoms with Crippen molar-refractivity contribution in [1.82, 2.24) is 4.98 Å². The number of ether oxygens (including phenoxy) is 1. The highest BCUT2D eigenvalue weighted by Crippen LogP contribution is 2.33. The van der Waals surface area contributed by atoms with Crippen LogP contribution in [0, 0.1) is 0 Å². The number of aliphatic hydroxyl groups is 1. The maximum Gasteiger partial charge on any atom is 0.123 e. The zero-order valence-corrected chi connectivity index (χ0v) is 10.5. The number of pyridine rings is 1. The molecule has 1 aromatic carbocycles. The summed E-state index contributed by atoms with van der Waals surface area (Å²) in [5.41, 5.74) is 9.90. The van der Waals surface area contributed by atoms with E-state index >= 15 is 0 Å². The Hall–Kier alpha value is -1.91. The number of aromatic nitrogens is 1. The molecule has 1 aromatic heterocycles. The van der Waals surface area contributed by atoms with Crippen LogP contribution in [0.25, 0.3) is 11.1 Å². The lowest BCUT2D eigenvalue weighted by atomic mass is 9.94. The maximum atomic E-state index is 9.03. The minimum atomic E-state index is -0.0405. The van der Waals surface area contributed by atoms with E-state index in [0.717, 1.165) is 28.9 Å². The molecular weight excluding hydrogens is 240 g/mol. The largest absolute Gasteiger partial charge is 0.492 e. The predicted octanol–water partition coefficient (Wildman–Crippen LogP) is 1.50. The van der Waals surface area contributed by atoms with Crippen molar-refractivity contribution in [2.24, 2.45) is 5.73 Å². The first-order chi connectivity index (χ1) is 9.28. The van der Waals surface area contributed by atoms with Crippen LogP contribution in [0.3, 0.4) is 0 Å². The van der Waals surface area contributed by atoms with E-state index < -0.39 is 0 Å². The first-order valence-electron chi connectivity index (χ1n) is 6.34. The molecule has 3 rings (SSSR count). The molecule has 0 radical (unpaired) electrons. The lowest BCUT2D eigenvalue weighted by Crippen LogP contribution is -2.34. The van der Waals surface area contributed by atoms with E-state index in [4.69, 9.17) is 15.6 Å². The van der Waals surface area contributed by atoms with Gasteiger partial charge in [0.05, 0.1) is 12.3 Å². The average Bonchev–Trinajstić information content (AvgIpc) is 2.47. The highest BCUT2D eigenvalue weighted by Gasteiger charge is 2.20. The van der Waals surface area contributed by atoms with Gasteiger partial charge in [0.2, 0.25) is 0 Å². The molecule has 1 aliphatic rings. The Labute approximate surface area is 111 Å². The average molecular weight is 256 g/mol. The molecule has 0 saturated heterocycles. The van der Waals surface area contributed by atoms with Gasteiger partial charge in [0.1, 0.15) is 12.4 Å². The Morgan fingerprint density at radius 1 is 1.32 bits per heavy atom. The Morgan fingerprint density at radius 3 is 2.95 bits per heavy atom. The van der Waals surface area contributed by atoms with Crippen LogP contribution in [0.5, 0.6) is 5.75 Å². The first kappa shape index (κ1) is 12.1. The van der Waals surface area contributed by atoms with E-state index in [0.29, 0.717) is 12.3 Å². The summed E-state index contributed by atoms with van der Waals surface area (Å²) in [6.45, 7) is 0.527. The van der Waals surface area contributed by atoms with Crippen LogP contribution in [0.15, 0.2) is 36.5 Å². The van der Waals surface area contributed by atoms with Crippen LogP contribution in [0.1, 0.15) is 11.3 Å². The van der Waals surface area contributed by atoms with Crippen LogP contribution in [0.4, 0.5) is 0 Å². The molecule has 0 bridgehead atoms. The standard InChI is InChI=1S/C15H16N2O2/c16-11-6-14-13(2-1-3-15(14)19-9-11)10-4-5-12(8-18)17-7-10/h1-5,7,11,18H,6,8-9,16H2/t11-/m0/s1. The monoisotopic (exact) mass is 256 g/mol. The van der Waals surface area contributed by atoms with Crippen molar-refractivity contribution in [1.29, 1.82) is 0 Å². The number of hydrogen-bond acceptors (Lipinski definition) is 4. The Morgan fingerprint density at radius 2 is 2.21 bits per heavy atom. The molecule has 0 unspecified atom stereocenters. The van der Waals surface area contributed by atoms with Crippen molar-refractivity contribution in [3.8, 4) is 16.9 Å². The van der Waals surface area contributed by atoms with Gasteiger partial charge in [0.25, 0.3) is 0 Å². The van der Waals surface area contributed by atoms with E-state index in [2.05, 4.69) is 11.1 Å². The van der Waals surface area contributed by atoms with Crippen molar-refractivity contribution in [3.63, 3.8) is 0 Å². The highest BCUT2D eigenvalue weighted by atomic mass is 16.5. The smallest absolute Gasteiger partial charge is 0.123 e. The molecule has 4 nitrogen and oxygen atoms in total. The zero-order chi connectivity index (χ0) is 13.2. The lowest BCUT2D eigenvalue weighted by molar-refractivity contribution is 0.264. The van der Waals surface area contributed by atoms with Gasteiger partial charge in [-0.15, -0.1) is 0 Å². The second-order valence-electron chi connectivity index (χ2n) is 4.75. The molecule has 2 aromatic rings. The second-order valence-corrected chi connectivity index (χ2v) is 4.75. The summed E-state index contributed by atoms with van der Waals surface area (Å²) < 4.78 is 5.66. The molecule has 0 spiro atoms. The van der Waals surface area contributed by atoms with E-state index in [9.17, 15) is 0 Å². The van der Waals surface area contributed by atoms with E-state index in [1.54, 1.807) is 6.20 Å². The van der Waals surface area contributed by atoms with E-state index in [-0.39, 0.29) is 12.6 Å². The fourth-order valence-corrected chi connectivity index (χ4v) is 2.38. The van der Waals surface area contributed by atoms with Gasteiger partial charge in [-0.05, 0) is 24.1 Å². The van der Waals surface area contributed by atoms with Gasteiger partial charge in [0, 0.05) is 23.4 Å². The molecule has 4 heteroatoms. The topological polar surface area (TPSA) is 68.4 Å². The summed E-state index contributed by atoms with van der Waals surface area (Å²) >= 11 is 0. The van der Waals surface area contributed by atoms with E-state index in [1.165, 1.54) is 0 Å². The van der Waals surface area contributed by atoms with Crippen LogP contribution >= 0.6 is 0 Å². The molecule has 19 heavy (non-hydrogen) atoms. The first-order valence-corrected chi connectivity index (χ1v) is 6.34. The SMILES string of the molecule is N[C@@H]1COc2cccc(-c3ccc(CO)nc3)c2C1. The normalized spacial score (nSPS) is 17.7. The molecule has 1 atom stereocenters. The van der Waals surface area contributed by atoms with Crippen molar-refractivity contribution in [2.45, 2.75) is 19.1 Å². The molecule has 98 valence electrons. The molecule has 0 amide bonds. The fourth-order valence-electron chi connectivity index (χ4n) is 2.38. The van der Waals surface area contributed by atoms with Gasteiger partial charge in [-0.2, -0.15) is 0 Å². The van der Waals surface area contributed by atoms with Gasteiger partial charge in [-0.25, -0.2) is 0 Å². The quantitative estimate of drug-likeness (QED) is 0.854. The Bertz CT molecular complexity index is 581.